The van der Waals surface area contributed by atoms with Gasteiger partial charge in [-0.3, -0.25) is 0 Å². The fourth-order valence-electron chi connectivity index (χ4n) is 7.77. The van der Waals surface area contributed by atoms with Gasteiger partial charge in [-0.15, -0.1) is 0 Å². The summed E-state index contributed by atoms with van der Waals surface area (Å²) in [5.41, 5.74) is 4.14. The molecule has 1 N–H and O–H groups in total. The van der Waals surface area contributed by atoms with Crippen molar-refractivity contribution in [3.63, 3.8) is 0 Å². The predicted octanol–water partition coefficient (Wildman–Crippen LogP) is 7.50. The maximum Gasteiger partial charge on any atom is 0.192 e. The molecule has 0 bridgehead atoms. The highest BCUT2D eigenvalue weighted by atomic mass is 28.4. The highest BCUT2D eigenvalue weighted by Crippen LogP contribution is 2.66. The zero-order valence-corrected chi connectivity index (χ0v) is 22.6. The van der Waals surface area contributed by atoms with Crippen LogP contribution in [0.2, 0.25) is 18.1 Å². The monoisotopic (exact) mass is 444 g/mol. The van der Waals surface area contributed by atoms with Crippen LogP contribution in [0.25, 0.3) is 0 Å². The van der Waals surface area contributed by atoms with E-state index in [0.29, 0.717) is 35.4 Å². The lowest BCUT2D eigenvalue weighted by Gasteiger charge is -2.55. The average Bonchev–Trinajstić information content (AvgIpc) is 3.04. The molecule has 0 aromatic rings. The summed E-state index contributed by atoms with van der Waals surface area (Å²) in [5.74, 6) is 2.56. The van der Waals surface area contributed by atoms with Crippen molar-refractivity contribution in [2.24, 2.45) is 34.5 Å². The zero-order valence-electron chi connectivity index (χ0n) is 21.6. The van der Waals surface area contributed by atoms with E-state index < -0.39 is 8.32 Å². The van der Waals surface area contributed by atoms with Crippen LogP contribution < -0.4 is 0 Å². The van der Waals surface area contributed by atoms with E-state index in [9.17, 15) is 5.11 Å². The molecule has 0 saturated heterocycles. The molecule has 3 heteroatoms. The predicted molar refractivity (Wildman–Crippen MR) is 133 cm³/mol. The fraction of sp³-hybridized carbons (Fsp3) is 0.857. The third kappa shape index (κ3) is 3.75. The largest absolute Gasteiger partial charge is 0.414 e. The minimum Gasteiger partial charge on any atom is -0.414 e. The van der Waals surface area contributed by atoms with E-state index in [4.69, 9.17) is 4.43 Å². The molecule has 0 radical (unpaired) electrons. The van der Waals surface area contributed by atoms with E-state index in [-0.39, 0.29) is 5.04 Å². The first-order valence-electron chi connectivity index (χ1n) is 13.0. The second-order valence-electron chi connectivity index (χ2n) is 13.5. The van der Waals surface area contributed by atoms with Gasteiger partial charge in [-0.2, -0.15) is 0 Å². The maximum absolute atomic E-state index is 9.85. The van der Waals surface area contributed by atoms with Gasteiger partial charge in [0.25, 0.3) is 0 Å². The molecular weight excluding hydrogens is 396 g/mol. The lowest BCUT2D eigenvalue weighted by atomic mass is 9.50. The van der Waals surface area contributed by atoms with Gasteiger partial charge in [-0.05, 0) is 97.6 Å². The Morgan fingerprint density at radius 3 is 2.42 bits per heavy atom. The molecule has 4 rings (SSSR count). The Hall–Kier alpha value is -0.383. The molecule has 3 saturated carbocycles. The number of rotatable bonds is 4. The fourth-order valence-corrected chi connectivity index (χ4v) is 9.15. The van der Waals surface area contributed by atoms with Crippen LogP contribution in [0.4, 0.5) is 0 Å². The number of aliphatic hydroxyl groups is 1. The van der Waals surface area contributed by atoms with E-state index >= 15 is 0 Å². The van der Waals surface area contributed by atoms with Crippen molar-refractivity contribution >= 4 is 8.32 Å². The summed E-state index contributed by atoms with van der Waals surface area (Å²) in [5, 5.41) is 10.1. The second kappa shape index (κ2) is 7.84. The molecule has 0 aromatic carbocycles. The third-order valence-corrected chi connectivity index (χ3v) is 15.4. The standard InChI is InChI=1S/C28H48O2Si/c1-19(18-29)23-11-12-24-22-10-9-20-17-21(30-31(7,8)26(2,3)4)13-15-27(20,5)25(22)14-16-28(23,24)6/h9-10,19,21,23-25,29H,11-18H2,1-8H3/t19-,21+,23-,24+,25+,27+,28-/m1/s1. The van der Waals surface area contributed by atoms with Crippen LogP contribution in [0.15, 0.2) is 23.3 Å². The van der Waals surface area contributed by atoms with E-state index in [1.165, 1.54) is 38.5 Å². The highest BCUT2D eigenvalue weighted by Gasteiger charge is 2.57. The highest BCUT2D eigenvalue weighted by molar-refractivity contribution is 6.74. The third-order valence-electron chi connectivity index (χ3n) is 10.8. The van der Waals surface area contributed by atoms with Crippen molar-refractivity contribution < 1.29 is 9.53 Å². The Kier molecular flexibility index (Phi) is 6.01. The summed E-state index contributed by atoms with van der Waals surface area (Å²) in [6.45, 7) is 19.6. The second-order valence-corrected chi connectivity index (χ2v) is 18.3. The first-order valence-corrected chi connectivity index (χ1v) is 15.9. The minimum absolute atomic E-state index is 0.278. The molecule has 4 aliphatic rings. The van der Waals surface area contributed by atoms with Crippen molar-refractivity contribution in [1.29, 1.82) is 0 Å². The van der Waals surface area contributed by atoms with E-state index in [0.717, 1.165) is 18.3 Å². The Morgan fingerprint density at radius 2 is 1.77 bits per heavy atom. The molecule has 0 aliphatic heterocycles. The smallest absolute Gasteiger partial charge is 0.192 e. The van der Waals surface area contributed by atoms with Gasteiger partial charge >= 0.3 is 0 Å². The molecular formula is C28H48O2Si. The number of fused-ring (bicyclic) bond motifs is 5. The maximum atomic E-state index is 9.85. The van der Waals surface area contributed by atoms with Gasteiger partial charge in [0.15, 0.2) is 8.32 Å². The molecule has 31 heavy (non-hydrogen) atoms. The molecule has 0 heterocycles. The van der Waals surface area contributed by atoms with Crippen molar-refractivity contribution in [1.82, 2.24) is 0 Å². The van der Waals surface area contributed by atoms with Gasteiger partial charge in [0.05, 0.1) is 0 Å². The SMILES string of the molecule is C[C@H](CO)[C@H]1CC[C@H]2C3=CC=C4C[C@@H](O[Si](C)(C)C(C)(C)C)CC[C@]4(C)[C@H]3CC[C@]12C. The van der Waals surface area contributed by atoms with Crippen LogP contribution in [0.3, 0.4) is 0 Å². The van der Waals surface area contributed by atoms with Crippen LogP contribution in [-0.4, -0.2) is 26.1 Å². The summed E-state index contributed by atoms with van der Waals surface area (Å²) in [7, 11) is -1.72. The van der Waals surface area contributed by atoms with Crippen LogP contribution in [0, 0.1) is 34.5 Å². The number of hydrogen-bond acceptors (Lipinski definition) is 2. The molecule has 176 valence electrons. The number of hydrogen-bond donors (Lipinski definition) is 1. The molecule has 7 atom stereocenters. The summed E-state index contributed by atoms with van der Waals surface area (Å²) in [6.07, 6.45) is 14.4. The van der Waals surface area contributed by atoms with Gasteiger partial charge in [0.1, 0.15) is 0 Å². The van der Waals surface area contributed by atoms with Crippen molar-refractivity contribution in [2.75, 3.05) is 6.61 Å². The molecule has 0 amide bonds. The summed E-state index contributed by atoms with van der Waals surface area (Å²) in [4.78, 5) is 0. The first-order chi connectivity index (χ1) is 14.3. The molecule has 2 nitrogen and oxygen atoms in total. The molecule has 3 fully saturated rings. The summed E-state index contributed by atoms with van der Waals surface area (Å²) >= 11 is 0. The van der Waals surface area contributed by atoms with Crippen LogP contribution in [-0.2, 0) is 4.43 Å². The first kappa shape index (κ1) is 23.8. The topological polar surface area (TPSA) is 29.5 Å². The minimum atomic E-state index is -1.72. The van der Waals surface area contributed by atoms with Crippen molar-refractivity contribution in [2.45, 2.75) is 111 Å². The van der Waals surface area contributed by atoms with E-state index in [1.54, 1.807) is 11.1 Å². The lowest BCUT2D eigenvalue weighted by molar-refractivity contribution is 0.0261. The van der Waals surface area contributed by atoms with Gasteiger partial charge in [0.2, 0.25) is 0 Å². The van der Waals surface area contributed by atoms with E-state index in [1.807, 2.05) is 0 Å². The van der Waals surface area contributed by atoms with Crippen molar-refractivity contribution in [3.05, 3.63) is 23.3 Å². The van der Waals surface area contributed by atoms with Gasteiger partial charge in [0, 0.05) is 12.7 Å². The summed E-state index contributed by atoms with van der Waals surface area (Å²) in [6, 6.07) is 0. The van der Waals surface area contributed by atoms with Crippen LogP contribution in [0.5, 0.6) is 0 Å². The van der Waals surface area contributed by atoms with Crippen molar-refractivity contribution in [3.8, 4) is 0 Å². The zero-order chi connectivity index (χ0) is 22.8. The van der Waals surface area contributed by atoms with E-state index in [2.05, 4.69) is 66.8 Å². The Morgan fingerprint density at radius 1 is 1.06 bits per heavy atom. The average molecular weight is 445 g/mol. The van der Waals surface area contributed by atoms with Crippen LogP contribution in [0.1, 0.15) is 86.5 Å². The van der Waals surface area contributed by atoms with Crippen LogP contribution >= 0.6 is 0 Å². The van der Waals surface area contributed by atoms with Gasteiger partial charge < -0.3 is 9.53 Å². The molecule has 0 aromatic heterocycles. The quantitative estimate of drug-likeness (QED) is 0.455. The number of aliphatic hydroxyl groups excluding tert-OH is 1. The molecule has 0 unspecified atom stereocenters. The van der Waals surface area contributed by atoms with Gasteiger partial charge in [-0.25, -0.2) is 0 Å². The summed E-state index contributed by atoms with van der Waals surface area (Å²) < 4.78 is 6.87. The molecule has 0 spiro atoms. The normalized spacial score (nSPS) is 41.6. The molecule has 4 aliphatic carbocycles. The number of allylic oxidation sites excluding steroid dienone is 3. The lowest BCUT2D eigenvalue weighted by Crippen LogP contribution is -2.49. The Balaban J connectivity index is 1.57. The van der Waals surface area contributed by atoms with Gasteiger partial charge in [-0.1, -0.05) is 64.8 Å². The Labute approximate surface area is 193 Å². The Bertz CT molecular complexity index is 759.